The van der Waals surface area contributed by atoms with Crippen molar-refractivity contribution >= 4 is 11.8 Å². The second-order valence-electron chi connectivity index (χ2n) is 8.62. The van der Waals surface area contributed by atoms with Gasteiger partial charge < -0.3 is 15.0 Å². The molecule has 3 rings (SSSR count). The number of amides is 2. The molecule has 0 saturated heterocycles. The zero-order chi connectivity index (χ0) is 24.5. The quantitative estimate of drug-likeness (QED) is 0.476. The van der Waals surface area contributed by atoms with E-state index in [9.17, 15) is 14.0 Å². The Hall–Kier alpha value is -3.67. The monoisotopic (exact) mass is 462 g/mol. The number of ether oxygens (including phenoxy) is 1. The van der Waals surface area contributed by atoms with Crippen molar-refractivity contribution in [2.75, 3.05) is 6.61 Å². The van der Waals surface area contributed by atoms with Crippen LogP contribution in [0.1, 0.15) is 30.5 Å². The van der Waals surface area contributed by atoms with Gasteiger partial charge in [-0.25, -0.2) is 4.39 Å². The summed E-state index contributed by atoms with van der Waals surface area (Å²) in [6.07, 6.45) is 0.369. The van der Waals surface area contributed by atoms with Gasteiger partial charge in [-0.2, -0.15) is 0 Å². The molecule has 0 unspecified atom stereocenters. The van der Waals surface area contributed by atoms with Crippen molar-refractivity contribution < 1.29 is 18.7 Å². The number of nitrogens with zero attached hydrogens (tertiary/aromatic N) is 1. The van der Waals surface area contributed by atoms with Crippen molar-refractivity contribution in [3.05, 3.63) is 101 Å². The molecule has 3 aromatic rings. The fraction of sp³-hybridized carbons (Fsp3) is 0.286. The number of carbonyl (C=O) groups is 2. The average molecular weight is 463 g/mol. The zero-order valence-electron chi connectivity index (χ0n) is 19.8. The predicted molar refractivity (Wildman–Crippen MR) is 131 cm³/mol. The normalized spacial score (nSPS) is 11.7. The van der Waals surface area contributed by atoms with Crippen molar-refractivity contribution in [1.82, 2.24) is 10.2 Å². The van der Waals surface area contributed by atoms with Gasteiger partial charge >= 0.3 is 0 Å². The molecular weight excluding hydrogens is 431 g/mol. The van der Waals surface area contributed by atoms with Crippen LogP contribution in [-0.4, -0.2) is 35.4 Å². The summed E-state index contributed by atoms with van der Waals surface area (Å²) >= 11 is 0. The molecule has 0 heterocycles. The number of nitrogens with one attached hydrogen (secondary N) is 1. The third kappa shape index (κ3) is 7.44. The van der Waals surface area contributed by atoms with Crippen LogP contribution in [0, 0.1) is 12.7 Å². The van der Waals surface area contributed by atoms with Crippen LogP contribution >= 0.6 is 0 Å². The molecule has 0 spiro atoms. The summed E-state index contributed by atoms with van der Waals surface area (Å²) in [6, 6.07) is 22.2. The van der Waals surface area contributed by atoms with Crippen molar-refractivity contribution in [2.24, 2.45) is 0 Å². The third-order valence-electron chi connectivity index (χ3n) is 5.35. The highest BCUT2D eigenvalue weighted by Gasteiger charge is 2.31. The van der Waals surface area contributed by atoms with Crippen LogP contribution in [0.3, 0.4) is 0 Å². The Morgan fingerprint density at radius 1 is 0.912 bits per heavy atom. The topological polar surface area (TPSA) is 58.6 Å². The molecule has 0 aliphatic carbocycles. The largest absolute Gasteiger partial charge is 0.484 e. The summed E-state index contributed by atoms with van der Waals surface area (Å²) in [5.41, 5.74) is 2.98. The molecule has 34 heavy (non-hydrogen) atoms. The highest BCUT2D eigenvalue weighted by Crippen LogP contribution is 2.17. The van der Waals surface area contributed by atoms with Crippen LogP contribution in [0.15, 0.2) is 78.9 Å². The van der Waals surface area contributed by atoms with E-state index in [0.717, 1.165) is 16.7 Å². The molecule has 0 aliphatic heterocycles. The summed E-state index contributed by atoms with van der Waals surface area (Å²) in [5, 5.41) is 2.96. The summed E-state index contributed by atoms with van der Waals surface area (Å²) < 4.78 is 18.8. The van der Waals surface area contributed by atoms with Gasteiger partial charge in [0.15, 0.2) is 6.61 Å². The standard InChI is InChI=1S/C28H31FN2O3/c1-20(2)30-28(33)26(17-22-7-5-4-6-8-22)31(18-23-11-9-21(3)10-12-23)27(32)19-34-25-15-13-24(29)14-16-25/h4-16,20,26H,17-19H2,1-3H3,(H,30,33)/t26-/m0/s1. The predicted octanol–water partition coefficient (Wildman–Crippen LogP) is 4.68. The molecule has 0 aliphatic rings. The SMILES string of the molecule is Cc1ccc(CN(C(=O)COc2ccc(F)cc2)[C@@H](Cc2ccccc2)C(=O)NC(C)C)cc1. The van der Waals surface area contributed by atoms with Crippen molar-refractivity contribution in [3.8, 4) is 5.75 Å². The first-order chi connectivity index (χ1) is 16.3. The first-order valence-corrected chi connectivity index (χ1v) is 11.4. The molecule has 0 fully saturated rings. The van der Waals surface area contributed by atoms with E-state index in [1.54, 1.807) is 4.90 Å². The van der Waals surface area contributed by atoms with Crippen LogP contribution in [0.2, 0.25) is 0 Å². The van der Waals surface area contributed by atoms with Crippen molar-refractivity contribution in [2.45, 2.75) is 45.8 Å². The number of benzene rings is 3. The van der Waals surface area contributed by atoms with E-state index in [2.05, 4.69) is 5.32 Å². The molecule has 1 N–H and O–H groups in total. The number of rotatable bonds is 10. The minimum absolute atomic E-state index is 0.0717. The Bertz CT molecular complexity index is 1070. The van der Waals surface area contributed by atoms with Crippen molar-refractivity contribution in [3.63, 3.8) is 0 Å². The van der Waals surface area contributed by atoms with E-state index >= 15 is 0 Å². The molecule has 1 atom stereocenters. The lowest BCUT2D eigenvalue weighted by Gasteiger charge is -2.32. The molecule has 6 heteroatoms. The van der Waals surface area contributed by atoms with E-state index in [1.807, 2.05) is 75.4 Å². The molecule has 0 radical (unpaired) electrons. The first kappa shape index (κ1) is 25.0. The molecule has 0 aromatic heterocycles. The van der Waals surface area contributed by atoms with Crippen LogP contribution in [0.4, 0.5) is 4.39 Å². The van der Waals surface area contributed by atoms with Gasteiger partial charge in [0, 0.05) is 19.0 Å². The highest BCUT2D eigenvalue weighted by atomic mass is 19.1. The minimum atomic E-state index is -0.726. The smallest absolute Gasteiger partial charge is 0.261 e. The van der Waals surface area contributed by atoms with Crippen LogP contribution in [-0.2, 0) is 22.6 Å². The molecule has 2 amide bonds. The number of hydrogen-bond donors (Lipinski definition) is 1. The molecule has 0 bridgehead atoms. The molecule has 0 saturated carbocycles. The van der Waals surface area contributed by atoms with Gasteiger partial charge in [-0.15, -0.1) is 0 Å². The Morgan fingerprint density at radius 2 is 1.56 bits per heavy atom. The molecular formula is C28H31FN2O3. The fourth-order valence-electron chi connectivity index (χ4n) is 3.58. The number of carbonyl (C=O) groups excluding carboxylic acids is 2. The molecule has 178 valence electrons. The minimum Gasteiger partial charge on any atom is -0.484 e. The highest BCUT2D eigenvalue weighted by molar-refractivity contribution is 5.88. The maximum absolute atomic E-state index is 13.4. The van der Waals surface area contributed by atoms with Gasteiger partial charge in [0.25, 0.3) is 5.91 Å². The van der Waals surface area contributed by atoms with E-state index < -0.39 is 6.04 Å². The maximum Gasteiger partial charge on any atom is 0.261 e. The lowest BCUT2D eigenvalue weighted by atomic mass is 10.0. The maximum atomic E-state index is 13.4. The lowest BCUT2D eigenvalue weighted by Crippen LogP contribution is -2.52. The van der Waals surface area contributed by atoms with Gasteiger partial charge in [0.1, 0.15) is 17.6 Å². The number of halogens is 1. The van der Waals surface area contributed by atoms with Crippen LogP contribution < -0.4 is 10.1 Å². The van der Waals surface area contributed by atoms with Gasteiger partial charge in [-0.05, 0) is 56.2 Å². The first-order valence-electron chi connectivity index (χ1n) is 11.4. The summed E-state index contributed by atoms with van der Waals surface area (Å²) in [6.45, 7) is 5.77. The summed E-state index contributed by atoms with van der Waals surface area (Å²) in [5.74, 6) is -0.546. The Balaban J connectivity index is 1.89. The van der Waals surface area contributed by atoms with E-state index in [1.165, 1.54) is 24.3 Å². The second kappa shape index (κ2) is 12.0. The van der Waals surface area contributed by atoms with Crippen molar-refractivity contribution in [1.29, 1.82) is 0 Å². The average Bonchev–Trinajstić information content (AvgIpc) is 2.82. The van der Waals surface area contributed by atoms with E-state index in [4.69, 9.17) is 4.74 Å². The van der Waals surface area contributed by atoms with Crippen LogP contribution in [0.25, 0.3) is 0 Å². The summed E-state index contributed by atoms with van der Waals surface area (Å²) in [7, 11) is 0. The Kier molecular flexibility index (Phi) is 8.79. The number of aryl methyl sites for hydroxylation is 1. The Morgan fingerprint density at radius 3 is 2.18 bits per heavy atom. The van der Waals surface area contributed by atoms with Gasteiger partial charge in [-0.1, -0.05) is 60.2 Å². The van der Waals surface area contributed by atoms with E-state index in [-0.39, 0.29) is 36.8 Å². The Labute approximate surface area is 200 Å². The van der Waals surface area contributed by atoms with Gasteiger partial charge in [0.2, 0.25) is 5.91 Å². The third-order valence-corrected chi connectivity index (χ3v) is 5.35. The van der Waals surface area contributed by atoms with E-state index in [0.29, 0.717) is 12.2 Å². The molecule has 5 nitrogen and oxygen atoms in total. The fourth-order valence-corrected chi connectivity index (χ4v) is 3.58. The van der Waals surface area contributed by atoms with Gasteiger partial charge in [-0.3, -0.25) is 9.59 Å². The lowest BCUT2D eigenvalue weighted by molar-refractivity contribution is -0.143. The summed E-state index contributed by atoms with van der Waals surface area (Å²) in [4.78, 5) is 28.3. The molecule has 3 aromatic carbocycles. The second-order valence-corrected chi connectivity index (χ2v) is 8.62. The zero-order valence-corrected chi connectivity index (χ0v) is 19.8. The van der Waals surface area contributed by atoms with Gasteiger partial charge in [0.05, 0.1) is 0 Å². The number of hydrogen-bond acceptors (Lipinski definition) is 3. The van der Waals surface area contributed by atoms with Crippen LogP contribution in [0.5, 0.6) is 5.75 Å².